The van der Waals surface area contributed by atoms with E-state index in [1.807, 2.05) is 38.1 Å². The molecule has 10 heteroatoms. The van der Waals surface area contributed by atoms with Crippen LogP contribution in [0.5, 0.6) is 5.75 Å². The molecule has 3 heterocycles. The van der Waals surface area contributed by atoms with Crippen LogP contribution in [0, 0.1) is 5.92 Å². The van der Waals surface area contributed by atoms with E-state index in [0.717, 1.165) is 35.5 Å². The molecular formula is C33H46N5O4P. The van der Waals surface area contributed by atoms with Gasteiger partial charge in [-0.2, -0.15) is 0 Å². The molecule has 4 rings (SSSR count). The number of methoxy groups -OCH3 is 1. The summed E-state index contributed by atoms with van der Waals surface area (Å²) < 4.78 is 5.32. The van der Waals surface area contributed by atoms with Crippen LogP contribution < -0.4 is 20.7 Å². The van der Waals surface area contributed by atoms with E-state index in [4.69, 9.17) is 4.74 Å². The van der Waals surface area contributed by atoms with Crippen LogP contribution in [0.25, 0.3) is 16.2 Å². The number of nitrogens with one attached hydrogen (secondary N) is 3. The number of hydrogen-bond donors (Lipinski definition) is 3. The van der Waals surface area contributed by atoms with Gasteiger partial charge in [0.2, 0.25) is 0 Å². The molecule has 1 aliphatic rings. The molecule has 4 amide bonds. The second-order valence-electron chi connectivity index (χ2n) is 11.5. The standard InChI is InChI=1S/C17H22N5O3P.C16H24O/c1-4-17(15(24)20-16(25)21-17)13-9-11-12(26-13)6-5-10(19-11)14(23)18-7-8-22(2)3;1-6-7-13(4)16-11-15(17-5)9-8-14(16)10-12(2)3/h5-6,9,26H,4,7-8H2,1-3H3,(H,18,23)(H2,20,21,24,25);7-9,11-12H,6,10H2,1-5H3/b;13-7+/t17-;/m0./s1. The molecule has 0 aliphatic carbocycles. The van der Waals surface area contributed by atoms with E-state index in [9.17, 15) is 14.4 Å². The fourth-order valence-corrected chi connectivity index (χ4v) is 6.54. The van der Waals surface area contributed by atoms with E-state index in [0.29, 0.717) is 30.1 Å². The minimum atomic E-state index is -1.02. The zero-order valence-electron chi connectivity index (χ0n) is 26.7. The number of carbonyl (C=O) groups is 3. The summed E-state index contributed by atoms with van der Waals surface area (Å²) in [7, 11) is 5.83. The summed E-state index contributed by atoms with van der Waals surface area (Å²) in [5.74, 6) is 1.06. The zero-order valence-corrected chi connectivity index (χ0v) is 27.7. The van der Waals surface area contributed by atoms with Crippen molar-refractivity contribution in [2.75, 3.05) is 34.3 Å². The van der Waals surface area contributed by atoms with Gasteiger partial charge in [0.15, 0.2) is 0 Å². The number of carbonyl (C=O) groups excluding carboxylic acids is 3. The number of hydrogen-bond acceptors (Lipinski definition) is 6. The average molecular weight is 608 g/mol. The Morgan fingerprint density at radius 2 is 1.91 bits per heavy atom. The highest BCUT2D eigenvalue weighted by atomic mass is 31.0. The van der Waals surface area contributed by atoms with Gasteiger partial charge in [-0.05, 0) is 93.2 Å². The highest BCUT2D eigenvalue weighted by Gasteiger charge is 2.46. The first-order chi connectivity index (χ1) is 20.4. The topological polar surface area (TPSA) is 113 Å². The Kier molecular flexibility index (Phi) is 11.9. The van der Waals surface area contributed by atoms with Crippen LogP contribution in [0.15, 0.2) is 42.5 Å². The molecule has 0 saturated carbocycles. The average Bonchev–Trinajstić information content (AvgIpc) is 3.52. The second kappa shape index (κ2) is 15.2. The van der Waals surface area contributed by atoms with Crippen LogP contribution in [0.3, 0.4) is 0 Å². The van der Waals surface area contributed by atoms with Crippen LogP contribution in [-0.2, 0) is 16.8 Å². The molecule has 3 N–H and O–H groups in total. The molecule has 0 radical (unpaired) electrons. The van der Waals surface area contributed by atoms with E-state index in [2.05, 4.69) is 72.9 Å². The Morgan fingerprint density at radius 3 is 2.49 bits per heavy atom. The van der Waals surface area contributed by atoms with E-state index in [-0.39, 0.29) is 20.0 Å². The summed E-state index contributed by atoms with van der Waals surface area (Å²) in [5.41, 5.74) is 4.10. The van der Waals surface area contributed by atoms with Gasteiger partial charge >= 0.3 is 6.03 Å². The second-order valence-corrected chi connectivity index (χ2v) is 12.8. The number of pyridine rings is 1. The quantitative estimate of drug-likeness (QED) is 0.241. The van der Waals surface area contributed by atoms with Crippen LogP contribution in [0.2, 0.25) is 0 Å². The molecule has 232 valence electrons. The first-order valence-electron chi connectivity index (χ1n) is 14.8. The van der Waals surface area contributed by atoms with E-state index < -0.39 is 11.6 Å². The van der Waals surface area contributed by atoms with Crippen LogP contribution >= 0.6 is 8.19 Å². The molecular weight excluding hydrogens is 561 g/mol. The molecule has 1 unspecified atom stereocenters. The lowest BCUT2D eigenvalue weighted by molar-refractivity contribution is -0.124. The van der Waals surface area contributed by atoms with Crippen molar-refractivity contribution < 1.29 is 19.1 Å². The van der Waals surface area contributed by atoms with Crippen LogP contribution in [0.4, 0.5) is 4.79 Å². The van der Waals surface area contributed by atoms with E-state index in [1.54, 1.807) is 13.2 Å². The summed E-state index contributed by atoms with van der Waals surface area (Å²) in [6.07, 6.45) is 4.92. The third kappa shape index (κ3) is 8.46. The van der Waals surface area contributed by atoms with Gasteiger partial charge in [-0.3, -0.25) is 14.9 Å². The molecule has 9 nitrogen and oxygen atoms in total. The van der Waals surface area contributed by atoms with Crippen LogP contribution in [-0.4, -0.2) is 62.0 Å². The summed E-state index contributed by atoms with van der Waals surface area (Å²) in [4.78, 5) is 42.6. The Hall–Kier alpha value is -3.68. The number of nitrogens with zero attached hydrogens (tertiary/aromatic N) is 2. The number of allylic oxidation sites excluding steroid dienone is 2. The van der Waals surface area contributed by atoms with Crippen molar-refractivity contribution in [1.29, 1.82) is 0 Å². The summed E-state index contributed by atoms with van der Waals surface area (Å²) in [5, 5.41) is 9.67. The van der Waals surface area contributed by atoms with E-state index in [1.165, 1.54) is 16.7 Å². The molecule has 2 atom stereocenters. The zero-order chi connectivity index (χ0) is 31.7. The fraction of sp³-hybridized carbons (Fsp3) is 0.455. The lowest BCUT2D eigenvalue weighted by atomic mass is 9.93. The lowest BCUT2D eigenvalue weighted by Gasteiger charge is -2.23. The number of urea groups is 1. The van der Waals surface area contributed by atoms with Gasteiger partial charge in [0.1, 0.15) is 17.0 Å². The van der Waals surface area contributed by atoms with Gasteiger partial charge in [0, 0.05) is 23.5 Å². The van der Waals surface area contributed by atoms with E-state index >= 15 is 0 Å². The van der Waals surface area contributed by atoms with Gasteiger partial charge in [-0.15, -0.1) is 8.19 Å². The highest BCUT2D eigenvalue weighted by Crippen LogP contribution is 2.40. The monoisotopic (exact) mass is 607 g/mol. The largest absolute Gasteiger partial charge is 0.497 e. The third-order valence-electron chi connectivity index (χ3n) is 7.36. The predicted molar refractivity (Wildman–Crippen MR) is 176 cm³/mol. The first kappa shape index (κ1) is 33.8. The minimum Gasteiger partial charge on any atom is -0.497 e. The molecule has 1 aromatic carbocycles. The highest BCUT2D eigenvalue weighted by molar-refractivity contribution is 7.38. The van der Waals surface area contributed by atoms with Gasteiger partial charge in [0.25, 0.3) is 11.8 Å². The normalized spacial score (nSPS) is 16.8. The van der Waals surface area contributed by atoms with Gasteiger partial charge in [-0.25, -0.2) is 9.78 Å². The van der Waals surface area contributed by atoms with Crippen molar-refractivity contribution in [3.8, 4) is 5.75 Å². The Balaban J connectivity index is 0.000000259. The lowest BCUT2D eigenvalue weighted by Crippen LogP contribution is -2.42. The SMILES string of the molecule is CC/C=C(\C)c1cc(OC)ccc1CC(C)C.CC[C@@]1(c2cc3nc(C(=O)NCCN(C)C)ccc3[pH]2)NC(=O)NC1=O. The Bertz CT molecular complexity index is 1480. The van der Waals surface area contributed by atoms with Crippen molar-refractivity contribution in [2.45, 2.75) is 59.4 Å². The van der Waals surface area contributed by atoms with Gasteiger partial charge < -0.3 is 20.3 Å². The molecule has 3 aromatic rings. The van der Waals surface area contributed by atoms with Crippen molar-refractivity contribution in [3.63, 3.8) is 0 Å². The van der Waals surface area contributed by atoms with Gasteiger partial charge in [0.05, 0.1) is 12.6 Å². The fourth-order valence-electron chi connectivity index (χ4n) is 5.05. The molecule has 43 heavy (non-hydrogen) atoms. The predicted octanol–water partition coefficient (Wildman–Crippen LogP) is 5.71. The number of fused-ring (bicyclic) bond motifs is 1. The Morgan fingerprint density at radius 1 is 1.16 bits per heavy atom. The number of amides is 4. The molecule has 1 aliphatic heterocycles. The maximum atomic E-state index is 12.3. The van der Waals surface area contributed by atoms with Crippen LogP contribution in [0.1, 0.15) is 74.4 Å². The molecule has 2 aromatic heterocycles. The van der Waals surface area contributed by atoms with Gasteiger partial charge in [-0.1, -0.05) is 39.8 Å². The summed E-state index contributed by atoms with van der Waals surface area (Å²) in [6.45, 7) is 12.0. The van der Waals surface area contributed by atoms with Crippen molar-refractivity contribution in [1.82, 2.24) is 25.8 Å². The summed E-state index contributed by atoms with van der Waals surface area (Å²) >= 11 is 0. The third-order valence-corrected chi connectivity index (χ3v) is 8.90. The number of imide groups is 1. The summed E-state index contributed by atoms with van der Waals surface area (Å²) in [6, 6.07) is 11.3. The maximum Gasteiger partial charge on any atom is 0.322 e. The number of ether oxygens (including phenoxy) is 1. The molecule has 0 spiro atoms. The first-order valence-corrected chi connectivity index (χ1v) is 15.8. The number of benzene rings is 1. The smallest absolute Gasteiger partial charge is 0.322 e. The van der Waals surface area contributed by atoms with Crippen molar-refractivity contribution >= 4 is 42.2 Å². The number of rotatable bonds is 11. The minimum absolute atomic E-state index is 0.225. The van der Waals surface area contributed by atoms with Crippen molar-refractivity contribution in [2.24, 2.45) is 5.92 Å². The maximum absolute atomic E-state index is 12.3. The number of aromatic nitrogens is 1. The molecule has 0 bridgehead atoms. The Labute approximate surface area is 256 Å². The van der Waals surface area contributed by atoms with Crippen molar-refractivity contribution in [3.05, 3.63) is 64.6 Å². The molecule has 1 fully saturated rings. The number of likely N-dealkylation sites (N-methyl/N-ethyl adjacent to an activating group) is 1. The molecule has 1 saturated heterocycles.